The van der Waals surface area contributed by atoms with Gasteiger partial charge in [-0.15, -0.1) is 0 Å². The number of hydrogen-bond acceptors (Lipinski definition) is 5. The molecule has 0 bridgehead atoms. The van der Waals surface area contributed by atoms with Crippen molar-refractivity contribution in [1.82, 2.24) is 4.57 Å². The van der Waals surface area contributed by atoms with Gasteiger partial charge in [-0.25, -0.2) is 0 Å². The van der Waals surface area contributed by atoms with Crippen LogP contribution < -0.4 is 31.1 Å². The molecule has 6 nitrogen and oxygen atoms in total. The van der Waals surface area contributed by atoms with E-state index >= 15 is 0 Å². The molecule has 11 aromatic rings. The van der Waals surface area contributed by atoms with Gasteiger partial charge in [-0.1, -0.05) is 132 Å². The zero-order valence-electron chi connectivity index (χ0n) is 67.7. The van der Waals surface area contributed by atoms with E-state index in [1.165, 1.54) is 0 Å². The second kappa shape index (κ2) is 14.3. The Morgan fingerprint density at radius 1 is 0.514 bits per heavy atom. The first-order valence-electron chi connectivity index (χ1n) is 36.9. The predicted molar refractivity (Wildman–Crippen MR) is 292 cm³/mol. The Labute approximate surface area is 450 Å². The van der Waals surface area contributed by atoms with Crippen molar-refractivity contribution in [2.75, 3.05) is 14.7 Å². The first kappa shape index (κ1) is 20.6. The predicted octanol–water partition coefficient (Wildman–Crippen LogP) is 15.0. The third-order valence-electron chi connectivity index (χ3n) is 12.7. The van der Waals surface area contributed by atoms with Crippen LogP contribution in [-0.4, -0.2) is 11.3 Å². The van der Waals surface area contributed by atoms with Crippen LogP contribution in [0, 0.1) is 11.3 Å². The van der Waals surface area contributed by atoms with Gasteiger partial charge in [0.1, 0.15) is 11.2 Å². The van der Waals surface area contributed by atoms with Gasteiger partial charge in [0.2, 0.25) is 0 Å². The average Bonchev–Trinajstić information content (AvgIpc) is 1.17. The molecule has 70 heavy (non-hydrogen) atoms. The molecule has 3 aliphatic rings. The van der Waals surface area contributed by atoms with Gasteiger partial charge in [0.25, 0.3) is 6.71 Å². The molecule has 0 unspecified atom stereocenters. The van der Waals surface area contributed by atoms with Gasteiger partial charge in [-0.05, 0) is 123 Å². The summed E-state index contributed by atoms with van der Waals surface area (Å²) in [5.41, 5.74) is -15.5. The Balaban J connectivity index is 1.27. The highest BCUT2D eigenvalue weighted by Gasteiger charge is 2.46. The fraction of sp³-hybridized carbons (Fsp3) is 0.127. The number of nitriles is 1. The summed E-state index contributed by atoms with van der Waals surface area (Å²) < 4.78 is 297. The minimum atomic E-state index is -2.14. The normalized spacial score (nSPS) is 19.5. The summed E-state index contributed by atoms with van der Waals surface area (Å²) in [4.78, 5) is 2.30. The summed E-state index contributed by atoms with van der Waals surface area (Å²) in [6.45, 7) is 7.38. The Morgan fingerprint density at radius 3 is 1.84 bits per heavy atom. The summed E-state index contributed by atoms with van der Waals surface area (Å²) in [6, 6.07) is -25.2. The van der Waals surface area contributed by atoms with E-state index in [0.717, 1.165) is 14.4 Å². The van der Waals surface area contributed by atoms with Crippen LogP contribution in [0.15, 0.2) is 186 Å². The first-order chi connectivity index (χ1) is 46.5. The second-order valence-corrected chi connectivity index (χ2v) is 18.9. The molecule has 0 aliphatic carbocycles. The molecule has 14 rings (SSSR count). The van der Waals surface area contributed by atoms with Gasteiger partial charge in [0.15, 0.2) is 0 Å². The summed E-state index contributed by atoms with van der Waals surface area (Å²) in [7, 11) is 0. The Morgan fingerprint density at radius 2 is 1.13 bits per heavy atom. The van der Waals surface area contributed by atoms with Crippen molar-refractivity contribution < 1.29 is 45.5 Å². The third kappa shape index (κ3) is 5.68. The largest absolute Gasteiger partial charge is 0.456 e. The number of nitrogens with zero attached hydrogens (tertiary/aromatic N) is 5. The van der Waals surface area contributed by atoms with Crippen LogP contribution in [0.5, 0.6) is 0 Å². The van der Waals surface area contributed by atoms with Crippen LogP contribution >= 0.6 is 0 Å². The minimum Gasteiger partial charge on any atom is -0.456 e. The maximum absolute atomic E-state index is 11.5. The highest BCUT2D eigenvalue weighted by atomic mass is 16.3. The molecule has 0 saturated heterocycles. The maximum atomic E-state index is 11.5. The van der Waals surface area contributed by atoms with Gasteiger partial charge in [-0.2, -0.15) is 5.26 Å². The van der Waals surface area contributed by atoms with Gasteiger partial charge in [0.05, 0.1) is 80.9 Å². The summed E-state index contributed by atoms with van der Waals surface area (Å²) in [5.74, 6) is 0. The van der Waals surface area contributed by atoms with E-state index in [1.54, 1.807) is 41.5 Å². The summed E-state index contributed by atoms with van der Waals surface area (Å²) in [6.07, 6.45) is 0. The molecule has 7 heteroatoms. The fourth-order valence-electron chi connectivity index (χ4n) is 9.46. The van der Waals surface area contributed by atoms with E-state index in [4.69, 9.17) is 12.6 Å². The number of para-hydroxylation sites is 4. The van der Waals surface area contributed by atoms with Crippen LogP contribution in [0.2, 0.25) is 0 Å². The van der Waals surface area contributed by atoms with Gasteiger partial charge in [0, 0.05) is 67.4 Å². The Kier molecular flexibility index (Phi) is 4.21. The van der Waals surface area contributed by atoms with Gasteiger partial charge >= 0.3 is 0 Å². The zero-order chi connectivity index (χ0) is 73.5. The Hall–Kier alpha value is -8.47. The lowest BCUT2D eigenvalue weighted by molar-refractivity contribution is 0.590. The molecule has 0 spiro atoms. The van der Waals surface area contributed by atoms with Crippen molar-refractivity contribution in [1.29, 1.82) is 5.26 Å². The number of anilines is 9. The van der Waals surface area contributed by atoms with Gasteiger partial charge < -0.3 is 23.7 Å². The lowest BCUT2D eigenvalue weighted by atomic mass is 9.33. The molecule has 3 aliphatic heterocycles. The van der Waals surface area contributed by atoms with Crippen LogP contribution in [0.3, 0.4) is 0 Å². The molecule has 0 fully saturated rings. The average molecular weight is 932 g/mol. The molecule has 5 heterocycles. The van der Waals surface area contributed by atoms with Crippen molar-refractivity contribution in [3.63, 3.8) is 0 Å². The second-order valence-electron chi connectivity index (χ2n) is 18.9. The topological polar surface area (TPSA) is 51.6 Å². The summed E-state index contributed by atoms with van der Waals surface area (Å²) in [5, 5.41) is 9.63. The molecular weight excluding hydrogens is 854 g/mol. The number of aromatic nitrogens is 1. The van der Waals surface area contributed by atoms with E-state index in [9.17, 15) is 38.2 Å². The molecule has 0 atom stereocenters. The molecule has 0 saturated carbocycles. The van der Waals surface area contributed by atoms with Crippen molar-refractivity contribution in [2.24, 2.45) is 0 Å². The monoisotopic (exact) mass is 932 g/mol. The molecular formula is C63H48BN5O. The molecule has 0 radical (unpaired) electrons. The standard InChI is InChI=1S/C63H48BN5O/c1-62(2,3)39-21-25-41(26-22-39)66(42-27-23-40(24-28-42)63(4,5)6)43-30-32-49-54(35-43)67(44-29-31-47-46-14-8-10-20-57(46)70-58(47)36-44)55-33-38(37-65)34-56-59(55)64(49)50-16-12-19-53-61(50)69(56)52-18-11-15-48-45-13-7-9-17-51(45)68(53)60(48)52/h7-36H,1-6H3/i7D,8D,9D,10D,11D,12D,13D,14D,15D,16D,17D,18D,19D,20D,21D,22D,23D,24D,25D,26D,27D,28D,29D,30D,31D,32D,33D,34D,35D,36D. The number of furan rings is 1. The third-order valence-corrected chi connectivity index (χ3v) is 12.7. The highest BCUT2D eigenvalue weighted by Crippen LogP contribution is 2.53. The van der Waals surface area contributed by atoms with E-state index in [-0.39, 0.29) is 11.1 Å². The molecule has 334 valence electrons. The lowest BCUT2D eigenvalue weighted by Crippen LogP contribution is -2.61. The maximum Gasteiger partial charge on any atom is 0.252 e. The van der Waals surface area contributed by atoms with Crippen LogP contribution in [0.25, 0.3) is 49.4 Å². The lowest BCUT2D eigenvalue weighted by Gasteiger charge is -2.46. The smallest absolute Gasteiger partial charge is 0.252 e. The fourth-order valence-corrected chi connectivity index (χ4v) is 9.46. The number of benzene rings is 9. The van der Waals surface area contributed by atoms with Crippen LogP contribution in [0.4, 0.5) is 51.2 Å². The molecule has 0 N–H and O–H groups in total. The Bertz CT molecular complexity index is 5750. The van der Waals surface area contributed by atoms with Crippen molar-refractivity contribution >= 4 is 118 Å². The first-order valence-corrected chi connectivity index (χ1v) is 21.9. The minimum absolute atomic E-state index is 0.172. The van der Waals surface area contributed by atoms with E-state index in [1.807, 2.05) is 6.07 Å². The van der Waals surface area contributed by atoms with Crippen molar-refractivity contribution in [3.05, 3.63) is 198 Å². The van der Waals surface area contributed by atoms with Gasteiger partial charge in [-0.3, -0.25) is 0 Å². The molecule has 9 aromatic carbocycles. The van der Waals surface area contributed by atoms with E-state index in [0.29, 0.717) is 4.90 Å². The summed E-state index contributed by atoms with van der Waals surface area (Å²) >= 11 is 0. The number of fused-ring (bicyclic) bond motifs is 12. The quantitative estimate of drug-likeness (QED) is 0.165. The van der Waals surface area contributed by atoms with E-state index < -0.39 is 321 Å². The van der Waals surface area contributed by atoms with Crippen molar-refractivity contribution in [2.45, 2.75) is 52.4 Å². The zero-order valence-corrected chi connectivity index (χ0v) is 37.7. The number of hydrogen-bond donors (Lipinski definition) is 0. The molecule has 0 amide bonds. The van der Waals surface area contributed by atoms with E-state index in [2.05, 4.69) is 0 Å². The van der Waals surface area contributed by atoms with Crippen LogP contribution in [0.1, 0.15) is 99.4 Å². The van der Waals surface area contributed by atoms with Crippen molar-refractivity contribution in [3.8, 4) is 11.8 Å². The highest BCUT2D eigenvalue weighted by molar-refractivity contribution is 7.00. The molecule has 2 aromatic heterocycles. The van der Waals surface area contributed by atoms with Crippen LogP contribution in [-0.2, 0) is 10.8 Å². The number of rotatable bonds is 4. The SMILES string of the molecule is [2H]c1c([2H])c2c3c(c1[2H])-n1c4c([2H])c([2H])c([2H])c([2H])c4c4c([2H])c([2H])c([2H])c(c41)N3c1c([2H])c(C#N)c([2H])c3c1B2c1c([2H])c([2H])c(N(c2c([2H])c([2H])c(C(C)(C)C)c([2H])c2[2H])c2c([2H])c([2H])c(C(C)(C)C)c([2H])c2[2H])c([2H])c1N3c1c([2H])c([2H])c2c(oc3c([2H])c([2H])c([2H])c([2H])c32)c1[2H].